The Hall–Kier alpha value is -1.89. The molecule has 1 aromatic carbocycles. The van der Waals surface area contributed by atoms with Crippen LogP contribution < -0.4 is 5.32 Å². The monoisotopic (exact) mass is 337 g/mol. The van der Waals surface area contributed by atoms with Crippen molar-refractivity contribution in [2.24, 2.45) is 0 Å². The zero-order valence-electron chi connectivity index (χ0n) is 12.7. The maximum Gasteiger partial charge on any atom is 0.148 e. The first-order chi connectivity index (χ1) is 11.0. The van der Waals surface area contributed by atoms with E-state index in [9.17, 15) is 13.0 Å². The fraction of sp³-hybridized carbons (Fsp3) is 0.375. The van der Waals surface area contributed by atoms with Crippen molar-refractivity contribution in [2.45, 2.75) is 24.0 Å². The second-order valence-electron chi connectivity index (χ2n) is 5.74. The van der Waals surface area contributed by atoms with E-state index in [-0.39, 0.29) is 16.0 Å². The van der Waals surface area contributed by atoms with E-state index in [0.717, 1.165) is 19.3 Å². The lowest BCUT2D eigenvalue weighted by Crippen LogP contribution is -2.47. The summed E-state index contributed by atoms with van der Waals surface area (Å²) in [6.07, 6.45) is 4.65. The molecule has 1 aliphatic carbocycles. The van der Waals surface area contributed by atoms with Crippen LogP contribution in [0.4, 0.5) is 14.6 Å². The zero-order valence-corrected chi connectivity index (χ0v) is 13.5. The summed E-state index contributed by atoms with van der Waals surface area (Å²) in [5, 5.41) is 11.0. The number of rotatable bonds is 5. The van der Waals surface area contributed by atoms with Crippen LogP contribution in [0.15, 0.2) is 30.3 Å². The number of halogens is 2. The van der Waals surface area contributed by atoms with Crippen molar-refractivity contribution in [3.8, 4) is 11.3 Å². The minimum absolute atomic E-state index is 0.142. The Labute approximate surface area is 135 Å². The minimum atomic E-state index is -0.906. The molecule has 1 aliphatic rings. The highest BCUT2D eigenvalue weighted by atomic mass is 32.2. The fourth-order valence-corrected chi connectivity index (χ4v) is 3.83. The third-order valence-electron chi connectivity index (χ3n) is 4.35. The van der Waals surface area contributed by atoms with Crippen molar-refractivity contribution in [3.63, 3.8) is 0 Å². The van der Waals surface area contributed by atoms with Gasteiger partial charge >= 0.3 is 0 Å². The van der Waals surface area contributed by atoms with Gasteiger partial charge in [0, 0.05) is 23.6 Å². The smallest absolute Gasteiger partial charge is 0.148 e. The van der Waals surface area contributed by atoms with Crippen LogP contribution in [0.2, 0.25) is 0 Å². The molecule has 4 nitrogen and oxygen atoms in total. The number of hydrogen-bond acceptors (Lipinski definition) is 4. The summed E-state index contributed by atoms with van der Waals surface area (Å²) in [7, 11) is -0.906. The minimum Gasteiger partial charge on any atom is -0.367 e. The number of benzene rings is 1. The first-order valence-corrected chi connectivity index (χ1v) is 8.93. The molecular weight excluding hydrogens is 320 g/mol. The largest absolute Gasteiger partial charge is 0.367 e. The van der Waals surface area contributed by atoms with E-state index in [4.69, 9.17) is 0 Å². The van der Waals surface area contributed by atoms with Crippen molar-refractivity contribution >= 4 is 16.6 Å². The Morgan fingerprint density at radius 1 is 1.17 bits per heavy atom. The lowest BCUT2D eigenvalue weighted by atomic mass is 9.84. The van der Waals surface area contributed by atoms with E-state index in [2.05, 4.69) is 15.5 Å². The molecule has 1 fully saturated rings. The van der Waals surface area contributed by atoms with Gasteiger partial charge in [-0.1, -0.05) is 12.5 Å². The quantitative estimate of drug-likeness (QED) is 0.911. The van der Waals surface area contributed by atoms with E-state index in [1.807, 2.05) is 0 Å². The second-order valence-corrected chi connectivity index (χ2v) is 7.52. The summed E-state index contributed by atoms with van der Waals surface area (Å²) in [5.41, 5.74) is -0.0414. The molecule has 0 amide bonds. The molecule has 0 saturated heterocycles. The lowest BCUT2D eigenvalue weighted by molar-refractivity contribution is 0.368. The Morgan fingerprint density at radius 2 is 1.87 bits per heavy atom. The predicted molar refractivity (Wildman–Crippen MR) is 86.5 cm³/mol. The number of nitrogens with one attached hydrogen (secondary N) is 1. The summed E-state index contributed by atoms with van der Waals surface area (Å²) < 4.78 is 39.1. The molecule has 0 spiro atoms. The van der Waals surface area contributed by atoms with E-state index in [1.54, 1.807) is 12.3 Å². The molecule has 0 aliphatic heterocycles. The Balaban J connectivity index is 1.74. The molecule has 1 atom stereocenters. The fourth-order valence-electron chi connectivity index (χ4n) is 2.69. The molecule has 1 unspecified atom stereocenters. The van der Waals surface area contributed by atoms with Crippen LogP contribution in [0.5, 0.6) is 0 Å². The van der Waals surface area contributed by atoms with Crippen LogP contribution in [0.1, 0.15) is 19.3 Å². The predicted octanol–water partition coefficient (Wildman–Crippen LogP) is 3.13. The third kappa shape index (κ3) is 3.10. The number of hydrogen-bond donors (Lipinski definition) is 1. The standard InChI is InChI=1S/C16H17F2N3OS/c1-23(22)16(8-3-9-16)10-19-14-7-6-13(20-21-14)15-11(17)4-2-5-12(15)18/h2,4-7H,3,8-10H2,1H3,(H,19,21). The number of anilines is 1. The Morgan fingerprint density at radius 3 is 2.35 bits per heavy atom. The number of aromatic nitrogens is 2. The van der Waals surface area contributed by atoms with E-state index in [0.29, 0.717) is 12.4 Å². The lowest BCUT2D eigenvalue weighted by Gasteiger charge is -2.39. The van der Waals surface area contributed by atoms with Crippen molar-refractivity contribution in [3.05, 3.63) is 42.0 Å². The Bertz CT molecular complexity index is 712. The molecule has 7 heteroatoms. The normalized spacial score (nSPS) is 17.3. The molecule has 1 saturated carbocycles. The van der Waals surface area contributed by atoms with Crippen LogP contribution in [-0.4, -0.2) is 32.0 Å². The SMILES string of the molecule is CS(=O)C1(CNc2ccc(-c3c(F)cccc3F)nn2)CCC1. The van der Waals surface area contributed by atoms with Crippen molar-refractivity contribution < 1.29 is 13.0 Å². The second kappa shape index (κ2) is 6.31. The number of nitrogens with zero attached hydrogens (tertiary/aromatic N) is 2. The highest BCUT2D eigenvalue weighted by molar-refractivity contribution is 7.85. The summed E-state index contributed by atoms with van der Waals surface area (Å²) in [4.78, 5) is 0. The van der Waals surface area contributed by atoms with Gasteiger partial charge in [-0.15, -0.1) is 10.2 Å². The van der Waals surface area contributed by atoms with Gasteiger partial charge in [0.15, 0.2) is 0 Å². The summed E-state index contributed by atoms with van der Waals surface area (Å²) in [5.74, 6) is -0.841. The molecule has 0 bridgehead atoms. The van der Waals surface area contributed by atoms with Gasteiger partial charge in [0.05, 0.1) is 16.0 Å². The van der Waals surface area contributed by atoms with Crippen LogP contribution in [-0.2, 0) is 10.8 Å². The topological polar surface area (TPSA) is 54.9 Å². The average molecular weight is 337 g/mol. The van der Waals surface area contributed by atoms with Crippen LogP contribution in [0.25, 0.3) is 11.3 Å². The van der Waals surface area contributed by atoms with Gasteiger partial charge in [-0.3, -0.25) is 4.21 Å². The molecule has 2 aromatic rings. The van der Waals surface area contributed by atoms with Crippen molar-refractivity contribution in [1.82, 2.24) is 10.2 Å². The molecule has 3 rings (SSSR count). The molecule has 1 N–H and O–H groups in total. The van der Waals surface area contributed by atoms with E-state index >= 15 is 0 Å². The zero-order chi connectivity index (χ0) is 16.4. The van der Waals surface area contributed by atoms with Crippen LogP contribution >= 0.6 is 0 Å². The van der Waals surface area contributed by atoms with Gasteiger partial charge in [0.1, 0.15) is 17.5 Å². The van der Waals surface area contributed by atoms with Gasteiger partial charge in [0.2, 0.25) is 0 Å². The van der Waals surface area contributed by atoms with Gasteiger partial charge in [-0.05, 0) is 37.1 Å². The Kier molecular flexibility index (Phi) is 4.39. The average Bonchev–Trinajstić information content (AvgIpc) is 2.47. The molecule has 122 valence electrons. The highest BCUT2D eigenvalue weighted by Gasteiger charge is 2.40. The summed E-state index contributed by atoms with van der Waals surface area (Å²) in [6.45, 7) is 0.554. The summed E-state index contributed by atoms with van der Waals surface area (Å²) >= 11 is 0. The van der Waals surface area contributed by atoms with Gasteiger partial charge < -0.3 is 5.32 Å². The van der Waals surface area contributed by atoms with E-state index < -0.39 is 22.4 Å². The molecule has 1 aromatic heterocycles. The molecular formula is C16H17F2N3OS. The van der Waals surface area contributed by atoms with Crippen molar-refractivity contribution in [2.75, 3.05) is 18.1 Å². The first-order valence-electron chi connectivity index (χ1n) is 7.37. The summed E-state index contributed by atoms with van der Waals surface area (Å²) in [6, 6.07) is 6.82. The highest BCUT2D eigenvalue weighted by Crippen LogP contribution is 2.37. The van der Waals surface area contributed by atoms with E-state index in [1.165, 1.54) is 24.3 Å². The van der Waals surface area contributed by atoms with Crippen molar-refractivity contribution in [1.29, 1.82) is 0 Å². The molecule has 23 heavy (non-hydrogen) atoms. The van der Waals surface area contributed by atoms with Gasteiger partial charge in [-0.25, -0.2) is 8.78 Å². The van der Waals surface area contributed by atoms with Crippen LogP contribution in [0, 0.1) is 11.6 Å². The molecule has 1 heterocycles. The first kappa shape index (κ1) is 16.0. The maximum atomic E-state index is 13.7. The van der Waals surface area contributed by atoms with Gasteiger partial charge in [-0.2, -0.15) is 0 Å². The van der Waals surface area contributed by atoms with Crippen LogP contribution in [0.3, 0.4) is 0 Å². The molecule has 0 radical (unpaired) electrons. The van der Waals surface area contributed by atoms with Gasteiger partial charge in [0.25, 0.3) is 0 Å². The maximum absolute atomic E-state index is 13.7. The third-order valence-corrected chi connectivity index (χ3v) is 6.12.